The Balaban J connectivity index is 1.62. The SMILES string of the molecule is CC(O)c1cnc2ccc(-c3c(-c4ccc(F)cc4)nn(COCC[Si](C)(C)C)c3C3CC3)cn12. The Morgan fingerprint density at radius 1 is 1.11 bits per heavy atom. The van der Waals surface area contributed by atoms with Crippen LogP contribution in [0.2, 0.25) is 25.7 Å². The van der Waals surface area contributed by atoms with Crippen molar-refractivity contribution in [2.45, 2.75) is 64.2 Å². The van der Waals surface area contributed by atoms with Crippen LogP contribution in [0.25, 0.3) is 28.0 Å². The summed E-state index contributed by atoms with van der Waals surface area (Å²) in [5, 5.41) is 15.3. The molecule has 6 nitrogen and oxygen atoms in total. The number of hydrogen-bond donors (Lipinski definition) is 1. The number of benzene rings is 1. The number of pyridine rings is 1. The summed E-state index contributed by atoms with van der Waals surface area (Å²) in [7, 11) is -1.19. The Labute approximate surface area is 206 Å². The van der Waals surface area contributed by atoms with Gasteiger partial charge in [-0.2, -0.15) is 5.10 Å². The normalized spacial score (nSPS) is 15.1. The second-order valence-corrected chi connectivity index (χ2v) is 16.4. The smallest absolute Gasteiger partial charge is 0.139 e. The molecule has 1 aliphatic carbocycles. The molecule has 184 valence electrons. The number of fused-ring (bicyclic) bond motifs is 1. The van der Waals surface area contributed by atoms with Gasteiger partial charge in [-0.3, -0.25) is 0 Å². The molecule has 3 heterocycles. The average molecular weight is 493 g/mol. The standard InChI is InChI=1S/C27H33FN4O2Si/c1-18(33)23-15-29-24-12-9-21(16-31(23)24)25-26(19-7-10-22(28)11-8-19)30-32(27(25)20-5-6-20)17-34-13-14-35(2,3)4/h7-12,15-16,18,20,33H,5-6,13-14,17H2,1-4H3. The lowest BCUT2D eigenvalue weighted by Crippen LogP contribution is -2.22. The van der Waals surface area contributed by atoms with Gasteiger partial charge in [-0.05, 0) is 62.2 Å². The Hall–Kier alpha value is -2.81. The van der Waals surface area contributed by atoms with Crippen molar-refractivity contribution < 1.29 is 14.2 Å². The molecule has 1 atom stereocenters. The summed E-state index contributed by atoms with van der Waals surface area (Å²) in [6.45, 7) is 9.90. The van der Waals surface area contributed by atoms with Crippen LogP contribution >= 0.6 is 0 Å². The zero-order valence-corrected chi connectivity index (χ0v) is 21.8. The molecule has 8 heteroatoms. The fourth-order valence-corrected chi connectivity index (χ4v) is 5.18. The molecule has 1 aliphatic rings. The lowest BCUT2D eigenvalue weighted by Gasteiger charge is -2.16. The Bertz CT molecular complexity index is 1330. The van der Waals surface area contributed by atoms with Gasteiger partial charge >= 0.3 is 0 Å². The first-order valence-corrected chi connectivity index (χ1v) is 16.0. The fraction of sp³-hybridized carbons (Fsp3) is 0.407. The summed E-state index contributed by atoms with van der Waals surface area (Å²) in [4.78, 5) is 4.43. The predicted octanol–water partition coefficient (Wildman–Crippen LogP) is 6.25. The molecular weight excluding hydrogens is 459 g/mol. The van der Waals surface area contributed by atoms with Crippen LogP contribution in [0.1, 0.15) is 43.2 Å². The van der Waals surface area contributed by atoms with Crippen LogP contribution in [-0.4, -0.2) is 39.0 Å². The highest BCUT2D eigenvalue weighted by Gasteiger charge is 2.33. The van der Waals surface area contributed by atoms with Gasteiger partial charge in [0.1, 0.15) is 23.9 Å². The zero-order chi connectivity index (χ0) is 24.7. The largest absolute Gasteiger partial charge is 0.387 e. The molecule has 1 fully saturated rings. The number of rotatable bonds is 9. The van der Waals surface area contributed by atoms with Crippen molar-refractivity contribution in [3.05, 3.63) is 66.0 Å². The third kappa shape index (κ3) is 5.10. The van der Waals surface area contributed by atoms with Crippen molar-refractivity contribution in [3.63, 3.8) is 0 Å². The van der Waals surface area contributed by atoms with Crippen LogP contribution in [-0.2, 0) is 11.5 Å². The van der Waals surface area contributed by atoms with E-state index in [9.17, 15) is 9.50 Å². The number of aromatic nitrogens is 4. The lowest BCUT2D eigenvalue weighted by molar-refractivity contribution is 0.0767. The molecule has 5 rings (SSSR count). The number of halogens is 1. The Morgan fingerprint density at radius 2 is 1.83 bits per heavy atom. The first-order chi connectivity index (χ1) is 16.7. The summed E-state index contributed by atoms with van der Waals surface area (Å²) in [5.74, 6) is 0.148. The molecule has 1 saturated carbocycles. The monoisotopic (exact) mass is 492 g/mol. The molecule has 1 aromatic carbocycles. The number of ether oxygens (including phenoxy) is 1. The van der Waals surface area contributed by atoms with E-state index in [1.54, 1.807) is 25.3 Å². The number of imidazole rings is 1. The second kappa shape index (κ2) is 9.33. The molecule has 0 bridgehead atoms. The highest BCUT2D eigenvalue weighted by Crippen LogP contribution is 2.47. The van der Waals surface area contributed by atoms with Gasteiger partial charge in [0.25, 0.3) is 0 Å². The van der Waals surface area contributed by atoms with Crippen molar-refractivity contribution in [1.82, 2.24) is 19.2 Å². The summed E-state index contributed by atoms with van der Waals surface area (Å²) in [5.41, 5.74) is 6.40. The van der Waals surface area contributed by atoms with Crippen LogP contribution in [0, 0.1) is 5.82 Å². The zero-order valence-electron chi connectivity index (χ0n) is 20.8. The molecule has 0 spiro atoms. The summed E-state index contributed by atoms with van der Waals surface area (Å²) in [6, 6.07) is 11.6. The molecule has 0 radical (unpaired) electrons. The topological polar surface area (TPSA) is 64.6 Å². The minimum atomic E-state index is -1.19. The third-order valence-corrected chi connectivity index (χ3v) is 8.24. The van der Waals surface area contributed by atoms with Gasteiger partial charge in [0.2, 0.25) is 0 Å². The average Bonchev–Trinajstić information content (AvgIpc) is 3.43. The molecule has 4 aromatic rings. The van der Waals surface area contributed by atoms with Crippen LogP contribution < -0.4 is 0 Å². The maximum absolute atomic E-state index is 13.7. The lowest BCUT2D eigenvalue weighted by atomic mass is 9.98. The quantitative estimate of drug-likeness (QED) is 0.222. The van der Waals surface area contributed by atoms with E-state index >= 15 is 0 Å². The van der Waals surface area contributed by atoms with E-state index < -0.39 is 14.2 Å². The predicted molar refractivity (Wildman–Crippen MR) is 139 cm³/mol. The molecule has 1 N–H and O–H groups in total. The number of hydrogen-bond acceptors (Lipinski definition) is 4. The summed E-state index contributed by atoms with van der Waals surface area (Å²) >= 11 is 0. The number of nitrogens with zero attached hydrogens (tertiary/aromatic N) is 4. The van der Waals surface area contributed by atoms with Gasteiger partial charge in [-0.1, -0.05) is 19.6 Å². The van der Waals surface area contributed by atoms with E-state index in [2.05, 4.69) is 30.7 Å². The van der Waals surface area contributed by atoms with Crippen LogP contribution in [0.4, 0.5) is 4.39 Å². The number of aliphatic hydroxyl groups is 1. The van der Waals surface area contributed by atoms with Crippen molar-refractivity contribution in [2.24, 2.45) is 0 Å². The van der Waals surface area contributed by atoms with Gasteiger partial charge in [-0.25, -0.2) is 14.1 Å². The van der Waals surface area contributed by atoms with Crippen molar-refractivity contribution in [2.75, 3.05) is 6.61 Å². The highest BCUT2D eigenvalue weighted by molar-refractivity contribution is 6.76. The van der Waals surface area contributed by atoms with Gasteiger partial charge < -0.3 is 14.2 Å². The van der Waals surface area contributed by atoms with Crippen molar-refractivity contribution in [1.29, 1.82) is 0 Å². The van der Waals surface area contributed by atoms with Crippen molar-refractivity contribution in [3.8, 4) is 22.4 Å². The third-order valence-electron chi connectivity index (χ3n) is 6.53. The van der Waals surface area contributed by atoms with Crippen LogP contribution in [0.15, 0.2) is 48.8 Å². The minimum Gasteiger partial charge on any atom is -0.387 e. The molecule has 0 amide bonds. The van der Waals surface area contributed by atoms with Crippen LogP contribution in [0.3, 0.4) is 0 Å². The minimum absolute atomic E-state index is 0.270. The second-order valence-electron chi connectivity index (χ2n) is 10.7. The van der Waals surface area contributed by atoms with Crippen molar-refractivity contribution >= 4 is 13.7 Å². The van der Waals surface area contributed by atoms with E-state index in [0.29, 0.717) is 12.6 Å². The van der Waals surface area contributed by atoms with Gasteiger partial charge in [-0.15, -0.1) is 0 Å². The highest BCUT2D eigenvalue weighted by atomic mass is 28.3. The Kier molecular flexibility index (Phi) is 6.37. The number of aliphatic hydroxyl groups excluding tert-OH is 1. The molecule has 1 unspecified atom stereocenters. The summed E-state index contributed by atoms with van der Waals surface area (Å²) < 4.78 is 23.8. The van der Waals surface area contributed by atoms with Gasteiger partial charge in [0.15, 0.2) is 0 Å². The molecule has 0 saturated heterocycles. The molecule has 35 heavy (non-hydrogen) atoms. The van der Waals surface area contributed by atoms with Crippen LogP contribution in [0.5, 0.6) is 0 Å². The maximum Gasteiger partial charge on any atom is 0.139 e. The first-order valence-electron chi connectivity index (χ1n) is 12.3. The van der Waals surface area contributed by atoms with E-state index in [4.69, 9.17) is 9.84 Å². The van der Waals surface area contributed by atoms with E-state index in [-0.39, 0.29) is 5.82 Å². The molecular formula is C27H33FN4O2Si. The van der Waals surface area contributed by atoms with E-state index in [1.165, 1.54) is 12.1 Å². The van der Waals surface area contributed by atoms with Gasteiger partial charge in [0.05, 0.1) is 23.7 Å². The maximum atomic E-state index is 13.7. The van der Waals surface area contributed by atoms with Gasteiger partial charge in [0, 0.05) is 43.5 Å². The molecule has 3 aromatic heterocycles. The first kappa shape index (κ1) is 23.9. The Morgan fingerprint density at radius 3 is 2.49 bits per heavy atom. The fourth-order valence-electron chi connectivity index (χ4n) is 4.43. The van der Waals surface area contributed by atoms with E-state index in [0.717, 1.165) is 64.9 Å². The molecule has 0 aliphatic heterocycles. The summed E-state index contributed by atoms with van der Waals surface area (Å²) in [6.07, 6.45) is 5.33. The van der Waals surface area contributed by atoms with E-state index in [1.807, 2.05) is 21.3 Å².